The van der Waals surface area contributed by atoms with Gasteiger partial charge in [-0.1, -0.05) is 26.7 Å². The molecule has 0 amide bonds. The van der Waals surface area contributed by atoms with Crippen LogP contribution in [0, 0.1) is 5.92 Å². The fourth-order valence-corrected chi connectivity index (χ4v) is 2.27. The van der Waals surface area contributed by atoms with Crippen molar-refractivity contribution in [3.05, 3.63) is 0 Å². The van der Waals surface area contributed by atoms with Gasteiger partial charge < -0.3 is 5.32 Å². The van der Waals surface area contributed by atoms with Gasteiger partial charge in [-0.3, -0.25) is 0 Å². The smallest absolute Gasteiger partial charge is 0.00925 e. The van der Waals surface area contributed by atoms with Crippen LogP contribution in [0.5, 0.6) is 0 Å². The van der Waals surface area contributed by atoms with E-state index in [-0.39, 0.29) is 0 Å². The predicted octanol–water partition coefficient (Wildman–Crippen LogP) is 2.56. The van der Waals surface area contributed by atoms with E-state index in [0.717, 1.165) is 18.5 Å². The summed E-state index contributed by atoms with van der Waals surface area (Å²) in [7, 11) is 0. The first-order valence-corrected chi connectivity index (χ1v) is 5.11. The summed E-state index contributed by atoms with van der Waals surface area (Å²) in [4.78, 5) is 0. The van der Waals surface area contributed by atoms with Gasteiger partial charge in [-0.25, -0.2) is 0 Å². The van der Waals surface area contributed by atoms with Crippen LogP contribution in [0.2, 0.25) is 0 Å². The number of rotatable bonds is 4. The van der Waals surface area contributed by atoms with Gasteiger partial charge in [0, 0.05) is 6.04 Å². The van der Waals surface area contributed by atoms with Crippen LogP contribution in [0.3, 0.4) is 0 Å². The molecule has 0 saturated heterocycles. The molecule has 66 valence electrons. The Bertz CT molecular complexity index is 95.0. The molecule has 1 rings (SSSR count). The first-order chi connectivity index (χ1) is 5.38. The third kappa shape index (κ3) is 2.48. The van der Waals surface area contributed by atoms with Crippen LogP contribution >= 0.6 is 0 Å². The van der Waals surface area contributed by atoms with E-state index in [1.165, 1.54) is 32.1 Å². The van der Waals surface area contributed by atoms with Gasteiger partial charge in [-0.15, -0.1) is 0 Å². The monoisotopic (exact) mass is 155 g/mol. The Morgan fingerprint density at radius 3 is 2.36 bits per heavy atom. The molecule has 1 N–H and O–H groups in total. The largest absolute Gasteiger partial charge is 0.314 e. The van der Waals surface area contributed by atoms with Crippen LogP contribution in [-0.2, 0) is 0 Å². The maximum Gasteiger partial charge on any atom is 0.00925 e. The summed E-state index contributed by atoms with van der Waals surface area (Å²) in [6.07, 6.45) is 7.16. The average molecular weight is 155 g/mol. The van der Waals surface area contributed by atoms with Crippen molar-refractivity contribution in [1.29, 1.82) is 0 Å². The number of nitrogens with one attached hydrogen (secondary N) is 1. The highest BCUT2D eigenvalue weighted by Gasteiger charge is 2.22. The molecular weight excluding hydrogens is 134 g/mol. The van der Waals surface area contributed by atoms with E-state index in [1.807, 2.05) is 0 Å². The minimum absolute atomic E-state index is 0.808. The standard InChI is InChI=1S/C10H21N/c1-3-10(11-4-2)9-7-5-6-8-9/h9-11H,3-8H2,1-2H3. The molecule has 1 aliphatic carbocycles. The Morgan fingerprint density at radius 1 is 1.27 bits per heavy atom. The van der Waals surface area contributed by atoms with E-state index >= 15 is 0 Å². The molecule has 0 aromatic carbocycles. The van der Waals surface area contributed by atoms with E-state index in [9.17, 15) is 0 Å². The van der Waals surface area contributed by atoms with E-state index in [2.05, 4.69) is 19.2 Å². The first-order valence-electron chi connectivity index (χ1n) is 5.11. The summed E-state index contributed by atoms with van der Waals surface area (Å²) in [5.41, 5.74) is 0. The quantitative estimate of drug-likeness (QED) is 0.658. The van der Waals surface area contributed by atoms with E-state index < -0.39 is 0 Å². The summed E-state index contributed by atoms with van der Waals surface area (Å²) < 4.78 is 0. The van der Waals surface area contributed by atoms with E-state index in [4.69, 9.17) is 0 Å². The van der Waals surface area contributed by atoms with Crippen molar-refractivity contribution < 1.29 is 0 Å². The molecule has 1 nitrogen and oxygen atoms in total. The van der Waals surface area contributed by atoms with Gasteiger partial charge in [0.2, 0.25) is 0 Å². The van der Waals surface area contributed by atoms with Crippen LogP contribution < -0.4 is 5.32 Å². The molecule has 0 heterocycles. The molecule has 1 unspecified atom stereocenters. The van der Waals surface area contributed by atoms with Crippen LogP contribution in [0.1, 0.15) is 46.0 Å². The Labute approximate surface area is 70.6 Å². The van der Waals surface area contributed by atoms with Crippen molar-refractivity contribution in [3.63, 3.8) is 0 Å². The first kappa shape index (κ1) is 9.05. The fraction of sp³-hybridized carbons (Fsp3) is 1.00. The van der Waals surface area contributed by atoms with Gasteiger partial charge >= 0.3 is 0 Å². The van der Waals surface area contributed by atoms with Gasteiger partial charge in [0.15, 0.2) is 0 Å². The molecule has 11 heavy (non-hydrogen) atoms. The van der Waals surface area contributed by atoms with Crippen molar-refractivity contribution in [3.8, 4) is 0 Å². The Morgan fingerprint density at radius 2 is 1.91 bits per heavy atom. The lowest BCUT2D eigenvalue weighted by molar-refractivity contribution is 0.356. The zero-order valence-corrected chi connectivity index (χ0v) is 7.90. The van der Waals surface area contributed by atoms with Crippen LogP contribution in [0.4, 0.5) is 0 Å². The van der Waals surface area contributed by atoms with Crippen LogP contribution in [0.15, 0.2) is 0 Å². The number of hydrogen-bond donors (Lipinski definition) is 1. The Balaban J connectivity index is 2.27. The molecule has 0 radical (unpaired) electrons. The van der Waals surface area contributed by atoms with Gasteiger partial charge in [-0.2, -0.15) is 0 Å². The van der Waals surface area contributed by atoms with E-state index in [0.29, 0.717) is 0 Å². The molecule has 0 bridgehead atoms. The van der Waals surface area contributed by atoms with Crippen molar-refractivity contribution >= 4 is 0 Å². The second kappa shape index (κ2) is 4.76. The summed E-state index contributed by atoms with van der Waals surface area (Å²) in [6.45, 7) is 5.64. The van der Waals surface area contributed by atoms with Crippen LogP contribution in [-0.4, -0.2) is 12.6 Å². The van der Waals surface area contributed by atoms with E-state index in [1.54, 1.807) is 0 Å². The third-order valence-corrected chi connectivity index (χ3v) is 2.88. The molecule has 1 saturated carbocycles. The summed E-state index contributed by atoms with van der Waals surface area (Å²) >= 11 is 0. The van der Waals surface area contributed by atoms with Gasteiger partial charge in [-0.05, 0) is 31.7 Å². The van der Waals surface area contributed by atoms with Crippen LogP contribution in [0.25, 0.3) is 0 Å². The molecule has 1 fully saturated rings. The summed E-state index contributed by atoms with van der Waals surface area (Å²) in [5, 5.41) is 3.57. The van der Waals surface area contributed by atoms with Crippen molar-refractivity contribution in [2.45, 2.75) is 52.0 Å². The summed E-state index contributed by atoms with van der Waals surface area (Å²) in [5.74, 6) is 0.986. The molecule has 1 aliphatic rings. The predicted molar refractivity (Wildman–Crippen MR) is 49.7 cm³/mol. The molecule has 1 heteroatoms. The van der Waals surface area contributed by atoms with Crippen molar-refractivity contribution in [2.75, 3.05) is 6.54 Å². The molecule has 0 spiro atoms. The van der Waals surface area contributed by atoms with Crippen molar-refractivity contribution in [1.82, 2.24) is 5.32 Å². The molecular formula is C10H21N. The minimum atomic E-state index is 0.808. The zero-order chi connectivity index (χ0) is 8.10. The van der Waals surface area contributed by atoms with Crippen molar-refractivity contribution in [2.24, 2.45) is 5.92 Å². The van der Waals surface area contributed by atoms with Gasteiger partial charge in [0.1, 0.15) is 0 Å². The minimum Gasteiger partial charge on any atom is -0.314 e. The SMILES string of the molecule is CCNC(CC)C1CCCC1. The van der Waals surface area contributed by atoms with Gasteiger partial charge in [0.25, 0.3) is 0 Å². The fourth-order valence-electron chi connectivity index (χ4n) is 2.27. The Kier molecular flexibility index (Phi) is 3.92. The lowest BCUT2D eigenvalue weighted by Crippen LogP contribution is -2.34. The highest BCUT2D eigenvalue weighted by molar-refractivity contribution is 4.78. The lowest BCUT2D eigenvalue weighted by atomic mass is 9.96. The lowest BCUT2D eigenvalue weighted by Gasteiger charge is -2.22. The maximum atomic E-state index is 3.57. The second-order valence-electron chi connectivity index (χ2n) is 3.62. The highest BCUT2D eigenvalue weighted by Crippen LogP contribution is 2.28. The molecule has 0 aromatic rings. The second-order valence-corrected chi connectivity index (χ2v) is 3.62. The van der Waals surface area contributed by atoms with Gasteiger partial charge in [0.05, 0.1) is 0 Å². The maximum absolute atomic E-state index is 3.57. The Hall–Kier alpha value is -0.0400. The normalized spacial score (nSPS) is 22.4. The molecule has 1 atom stereocenters. The zero-order valence-electron chi connectivity index (χ0n) is 7.90. The molecule has 0 aromatic heterocycles. The third-order valence-electron chi connectivity index (χ3n) is 2.88. The molecule has 0 aliphatic heterocycles. The summed E-state index contributed by atoms with van der Waals surface area (Å²) in [6, 6.07) is 0.808. The topological polar surface area (TPSA) is 12.0 Å². The number of hydrogen-bond acceptors (Lipinski definition) is 1. The highest BCUT2D eigenvalue weighted by atomic mass is 14.9. The average Bonchev–Trinajstić information content (AvgIpc) is 2.52.